The van der Waals surface area contributed by atoms with Crippen molar-refractivity contribution in [1.29, 1.82) is 0 Å². The zero-order chi connectivity index (χ0) is 22.8. The Kier molecular flexibility index (Phi) is 27.6. The first-order valence-corrected chi connectivity index (χ1v) is 11.2. The minimum absolute atomic E-state index is 0. The maximum absolute atomic E-state index is 2.99. The average Bonchev–Trinajstić information content (AvgIpc) is 3.63. The van der Waals surface area contributed by atoms with E-state index in [1.807, 2.05) is 24.3 Å². The number of hydrogen-bond acceptors (Lipinski definition) is 0. The summed E-state index contributed by atoms with van der Waals surface area (Å²) < 4.78 is 0. The van der Waals surface area contributed by atoms with Crippen molar-refractivity contribution in [2.24, 2.45) is 0 Å². The van der Waals surface area contributed by atoms with Gasteiger partial charge >= 0.3 is 52.4 Å². The van der Waals surface area contributed by atoms with Crippen molar-refractivity contribution < 1.29 is 77.2 Å². The van der Waals surface area contributed by atoms with Crippen molar-refractivity contribution in [2.75, 3.05) is 0 Å². The molecule has 0 fully saturated rings. The standard InChI is InChI=1S/2C11H11.2C5H5.2CH3.2ClH.2Zr/c2*1-8-6-7-9(2)11-5-3-4-10(8)11;2*1-2-4-5-3-1;;;;;;/h2*3-7H,1-2H3;2*1-3H,4H2;2*1H3;2*1H;;/q6*-1;;;2*+4/p-2. The van der Waals surface area contributed by atoms with Crippen LogP contribution in [-0.2, 0) is 52.4 Å². The quantitative estimate of drug-likeness (QED) is 0.245. The molecule has 6 rings (SSSR count). The van der Waals surface area contributed by atoms with Crippen LogP contribution < -0.4 is 24.8 Å². The van der Waals surface area contributed by atoms with Gasteiger partial charge in [-0.15, -0.1) is 69.8 Å². The van der Waals surface area contributed by atoms with Gasteiger partial charge in [0.05, 0.1) is 0 Å². The largest absolute Gasteiger partial charge is 4.00 e. The number of halogens is 2. The van der Waals surface area contributed by atoms with E-state index in [0.717, 1.165) is 12.8 Å². The predicted octanol–water partition coefficient (Wildman–Crippen LogP) is 3.87. The van der Waals surface area contributed by atoms with Gasteiger partial charge in [0.25, 0.3) is 0 Å². The Hall–Kier alpha value is -1.03. The maximum Gasteiger partial charge on any atom is 4.00 e. The first kappa shape index (κ1) is 44.0. The summed E-state index contributed by atoms with van der Waals surface area (Å²) >= 11 is 0. The minimum Gasteiger partial charge on any atom is -1.00 e. The molecule has 0 bridgehead atoms. The van der Waals surface area contributed by atoms with Crippen LogP contribution in [0.25, 0.3) is 21.5 Å². The van der Waals surface area contributed by atoms with Crippen molar-refractivity contribution in [3.05, 3.63) is 146 Å². The van der Waals surface area contributed by atoms with E-state index in [-0.39, 0.29) is 92.1 Å². The molecule has 0 saturated heterocycles. The van der Waals surface area contributed by atoms with Gasteiger partial charge in [-0.2, -0.15) is 36.4 Å². The predicted molar refractivity (Wildman–Crippen MR) is 154 cm³/mol. The topological polar surface area (TPSA) is 0 Å². The van der Waals surface area contributed by atoms with Crippen LogP contribution in [0.4, 0.5) is 0 Å². The van der Waals surface area contributed by atoms with E-state index in [1.165, 1.54) is 43.8 Å². The van der Waals surface area contributed by atoms with E-state index in [0.29, 0.717) is 0 Å². The molecule has 0 spiro atoms. The number of hydrogen-bond donors (Lipinski definition) is 0. The van der Waals surface area contributed by atoms with Crippen LogP contribution >= 0.6 is 0 Å². The number of rotatable bonds is 0. The van der Waals surface area contributed by atoms with Gasteiger partial charge in [0, 0.05) is 0 Å². The Balaban J connectivity index is -0.000000203. The van der Waals surface area contributed by atoms with Crippen molar-refractivity contribution in [2.45, 2.75) is 40.5 Å². The molecule has 0 amide bonds. The third-order valence-electron chi connectivity index (χ3n) is 5.67. The van der Waals surface area contributed by atoms with Gasteiger partial charge in [0.1, 0.15) is 0 Å². The van der Waals surface area contributed by atoms with Gasteiger partial charge in [-0.1, -0.05) is 37.1 Å². The first-order valence-electron chi connectivity index (χ1n) is 11.2. The van der Waals surface area contributed by atoms with Crippen LogP contribution in [0.2, 0.25) is 0 Å². The molecule has 4 aromatic carbocycles. The molecule has 0 N–H and O–H groups in total. The monoisotopic (exact) mass is 696 g/mol. The summed E-state index contributed by atoms with van der Waals surface area (Å²) in [5.74, 6) is 0. The molecule has 0 nitrogen and oxygen atoms in total. The third kappa shape index (κ3) is 13.4. The van der Waals surface area contributed by atoms with Gasteiger partial charge in [-0.25, -0.2) is 24.3 Å². The fraction of sp³-hybridized carbons (Fsp3) is 0.176. The summed E-state index contributed by atoms with van der Waals surface area (Å²) in [4.78, 5) is 0. The minimum atomic E-state index is 0. The van der Waals surface area contributed by atoms with Crippen LogP contribution in [0, 0.1) is 54.7 Å². The number of benzene rings is 2. The molecule has 0 aromatic heterocycles. The fourth-order valence-electron chi connectivity index (χ4n) is 3.76. The van der Waals surface area contributed by atoms with Crippen LogP contribution in [0.1, 0.15) is 35.1 Å². The number of allylic oxidation sites excluding steroid dienone is 8. The smallest absolute Gasteiger partial charge is 1.00 e. The molecule has 0 aliphatic heterocycles. The van der Waals surface area contributed by atoms with Gasteiger partial charge in [-0.3, -0.25) is 12.2 Å². The Morgan fingerprint density at radius 1 is 0.553 bits per heavy atom. The summed E-state index contributed by atoms with van der Waals surface area (Å²) in [6.07, 6.45) is 20.0. The van der Waals surface area contributed by atoms with E-state index >= 15 is 0 Å². The molecule has 2 aliphatic rings. The maximum atomic E-state index is 2.99. The molecule has 0 heterocycles. The zero-order valence-electron chi connectivity index (χ0n) is 23.4. The molecule has 0 unspecified atom stereocenters. The second kappa shape index (κ2) is 23.8. The molecule has 0 atom stereocenters. The van der Waals surface area contributed by atoms with Crippen LogP contribution in [0.15, 0.2) is 97.1 Å². The Labute approximate surface area is 283 Å². The molecule has 0 saturated carbocycles. The SMILES string of the molecule is Cc1ccc(C)c2[cH-]ccc12.Cc1ccc(C)c2[cH-]ccc12.[C-]1=CC=CC1.[C-]1=CC=CC1.[CH3-].[CH3-].[Cl-].[Cl-].[Zr+4].[Zr+4]. The fourth-order valence-corrected chi connectivity index (χ4v) is 3.76. The zero-order valence-corrected chi connectivity index (χ0v) is 29.8. The van der Waals surface area contributed by atoms with Gasteiger partial charge < -0.3 is 39.7 Å². The molecule has 4 heteroatoms. The third-order valence-corrected chi connectivity index (χ3v) is 5.67. The van der Waals surface area contributed by atoms with Gasteiger partial charge in [0.15, 0.2) is 0 Å². The van der Waals surface area contributed by atoms with Crippen LogP contribution in [0.3, 0.4) is 0 Å². The summed E-state index contributed by atoms with van der Waals surface area (Å²) in [5, 5.41) is 5.57. The van der Waals surface area contributed by atoms with Gasteiger partial charge in [-0.05, 0) is 13.8 Å². The van der Waals surface area contributed by atoms with Crippen molar-refractivity contribution in [3.8, 4) is 0 Å². The second-order valence-corrected chi connectivity index (χ2v) is 8.11. The molecule has 2 aliphatic carbocycles. The summed E-state index contributed by atoms with van der Waals surface area (Å²) in [7, 11) is 0. The summed E-state index contributed by atoms with van der Waals surface area (Å²) in [6, 6.07) is 21.7. The van der Waals surface area contributed by atoms with Gasteiger partial charge in [0.2, 0.25) is 0 Å². The summed E-state index contributed by atoms with van der Waals surface area (Å²) in [5.41, 5.74) is 5.48. The van der Waals surface area contributed by atoms with E-state index < -0.39 is 0 Å². The van der Waals surface area contributed by atoms with Crippen LogP contribution in [0.5, 0.6) is 0 Å². The van der Waals surface area contributed by atoms with Crippen molar-refractivity contribution >= 4 is 21.5 Å². The summed E-state index contributed by atoms with van der Waals surface area (Å²) in [6.45, 7) is 8.62. The molecule has 4 aromatic rings. The van der Waals surface area contributed by atoms with E-state index in [1.54, 1.807) is 0 Å². The van der Waals surface area contributed by atoms with E-state index in [9.17, 15) is 0 Å². The van der Waals surface area contributed by atoms with Crippen molar-refractivity contribution in [3.63, 3.8) is 0 Å². The normalized spacial score (nSPS) is 10.8. The first-order chi connectivity index (χ1) is 15.6. The van der Waals surface area contributed by atoms with Crippen molar-refractivity contribution in [1.82, 2.24) is 0 Å². The molecular formula is C34H38Cl2Zr2. The Morgan fingerprint density at radius 3 is 1.13 bits per heavy atom. The van der Waals surface area contributed by atoms with Crippen LogP contribution in [-0.4, -0.2) is 0 Å². The Bertz CT molecular complexity index is 1080. The van der Waals surface area contributed by atoms with E-state index in [2.05, 4.69) is 113 Å². The molecular weight excluding hydrogens is 662 g/mol. The van der Waals surface area contributed by atoms with E-state index in [4.69, 9.17) is 0 Å². The number of aryl methyl sites for hydroxylation is 4. The molecule has 38 heavy (non-hydrogen) atoms. The Morgan fingerprint density at radius 2 is 0.895 bits per heavy atom. The molecule has 0 radical (unpaired) electrons. The average molecular weight is 700 g/mol. The number of fused-ring (bicyclic) bond motifs is 2. The molecule has 196 valence electrons. The second-order valence-electron chi connectivity index (χ2n) is 8.11.